The number of ether oxygens (including phenoxy) is 2. The Morgan fingerprint density at radius 1 is 1.17 bits per heavy atom. The lowest BCUT2D eigenvalue weighted by Gasteiger charge is -2.29. The van der Waals surface area contributed by atoms with E-state index >= 15 is 0 Å². The third kappa shape index (κ3) is 5.16. The van der Waals surface area contributed by atoms with Crippen molar-refractivity contribution in [3.63, 3.8) is 0 Å². The molecule has 1 saturated heterocycles. The topological polar surface area (TPSA) is 133 Å². The van der Waals surface area contributed by atoms with Crippen LogP contribution in [-0.2, 0) is 0 Å². The van der Waals surface area contributed by atoms with Crippen LogP contribution in [0, 0.1) is 16.7 Å². The maximum Gasteiger partial charge on any atom is 0.162 e. The summed E-state index contributed by atoms with van der Waals surface area (Å²) in [7, 11) is 1.50. The number of nitrogen functional groups attached to an aromatic ring is 1. The van der Waals surface area contributed by atoms with Crippen LogP contribution in [0.25, 0.3) is 0 Å². The SMILES string of the molecule is COc1cc(N)c(C(=N)c2cnc(N3CCNCC3)c(C#N)c2)cc1O[C@H](C)c1c(Cl)cncc1Cl. The first-order chi connectivity index (χ1) is 17.3. The lowest BCUT2D eigenvalue weighted by Crippen LogP contribution is -2.44. The first kappa shape index (κ1) is 25.5. The third-order valence-corrected chi connectivity index (χ3v) is 6.50. The number of nitrogens with zero attached hydrogens (tertiary/aromatic N) is 4. The molecular formula is C25H25Cl2N7O2. The van der Waals surface area contributed by atoms with E-state index in [2.05, 4.69) is 26.3 Å². The molecule has 2 aromatic heterocycles. The smallest absolute Gasteiger partial charge is 0.162 e. The average Bonchev–Trinajstić information content (AvgIpc) is 2.89. The zero-order valence-electron chi connectivity index (χ0n) is 19.8. The van der Waals surface area contributed by atoms with Crippen molar-refractivity contribution in [1.29, 1.82) is 10.7 Å². The van der Waals surface area contributed by atoms with E-state index in [9.17, 15) is 5.26 Å². The van der Waals surface area contributed by atoms with Crippen molar-refractivity contribution in [2.45, 2.75) is 13.0 Å². The standard InChI is InChI=1S/C25H25Cl2N7O2/c1-14(23-18(26)12-32-13-19(23)27)36-22-8-17(20(29)9-21(22)35-2)24(30)16-7-15(10-28)25(33-11-16)34-5-3-31-4-6-34/h7-9,11-14,30-31H,3-6,29H2,1-2H3/t14-/m1/s1. The maximum absolute atomic E-state index is 9.76. The van der Waals surface area contributed by atoms with E-state index in [1.54, 1.807) is 31.3 Å². The first-order valence-corrected chi connectivity index (χ1v) is 12.0. The number of methoxy groups -OCH3 is 1. The number of hydrogen-bond acceptors (Lipinski definition) is 9. The molecule has 1 aromatic carbocycles. The largest absolute Gasteiger partial charge is 0.493 e. The highest BCUT2D eigenvalue weighted by molar-refractivity contribution is 6.35. The molecule has 1 atom stereocenters. The Hall–Kier alpha value is -3.58. The second-order valence-corrected chi connectivity index (χ2v) is 9.00. The van der Waals surface area contributed by atoms with Gasteiger partial charge in [-0.15, -0.1) is 0 Å². The molecule has 0 unspecified atom stereocenters. The van der Waals surface area contributed by atoms with Gasteiger partial charge in [0.1, 0.15) is 18.0 Å². The Labute approximate surface area is 219 Å². The molecule has 0 amide bonds. The number of nitrogens with one attached hydrogen (secondary N) is 2. The van der Waals surface area contributed by atoms with Crippen LogP contribution in [0.1, 0.15) is 35.3 Å². The van der Waals surface area contributed by atoms with Crippen molar-refractivity contribution in [1.82, 2.24) is 15.3 Å². The van der Waals surface area contributed by atoms with Gasteiger partial charge in [0.15, 0.2) is 11.5 Å². The van der Waals surface area contributed by atoms with Gasteiger partial charge in [-0.1, -0.05) is 23.2 Å². The van der Waals surface area contributed by atoms with Gasteiger partial charge in [0.2, 0.25) is 0 Å². The Balaban J connectivity index is 1.67. The maximum atomic E-state index is 9.76. The summed E-state index contributed by atoms with van der Waals surface area (Å²) in [5.41, 5.74) is 8.55. The highest BCUT2D eigenvalue weighted by Gasteiger charge is 2.22. The zero-order chi connectivity index (χ0) is 25.8. The molecule has 1 aliphatic heterocycles. The molecule has 0 aliphatic carbocycles. The number of rotatable bonds is 7. The molecule has 0 bridgehead atoms. The van der Waals surface area contributed by atoms with Gasteiger partial charge in [-0.05, 0) is 19.1 Å². The molecule has 0 radical (unpaired) electrons. The van der Waals surface area contributed by atoms with Crippen LogP contribution in [-0.4, -0.2) is 49.0 Å². The van der Waals surface area contributed by atoms with Gasteiger partial charge in [0, 0.05) is 73.2 Å². The summed E-state index contributed by atoms with van der Waals surface area (Å²) in [6.07, 6.45) is 4.03. The molecule has 36 heavy (non-hydrogen) atoms. The fraction of sp³-hybridized carbons (Fsp3) is 0.280. The number of piperazine rings is 1. The number of halogens is 2. The number of hydrogen-bond donors (Lipinski definition) is 3. The average molecular weight is 526 g/mol. The fourth-order valence-electron chi connectivity index (χ4n) is 4.06. The van der Waals surface area contributed by atoms with E-state index in [0.29, 0.717) is 55.3 Å². The normalized spacial score (nSPS) is 14.1. The van der Waals surface area contributed by atoms with Crippen molar-refractivity contribution >= 4 is 40.4 Å². The van der Waals surface area contributed by atoms with Crippen molar-refractivity contribution in [3.8, 4) is 17.6 Å². The van der Waals surface area contributed by atoms with E-state index in [1.165, 1.54) is 19.5 Å². The Kier molecular flexibility index (Phi) is 7.79. The molecule has 11 heteroatoms. The zero-order valence-corrected chi connectivity index (χ0v) is 21.3. The highest BCUT2D eigenvalue weighted by atomic mass is 35.5. The van der Waals surface area contributed by atoms with Crippen molar-refractivity contribution in [2.24, 2.45) is 0 Å². The van der Waals surface area contributed by atoms with Crippen LogP contribution in [0.2, 0.25) is 10.0 Å². The minimum absolute atomic E-state index is 0.100. The summed E-state index contributed by atoms with van der Waals surface area (Å²) in [5, 5.41) is 22.6. The van der Waals surface area contributed by atoms with Crippen LogP contribution in [0.4, 0.5) is 11.5 Å². The van der Waals surface area contributed by atoms with Crippen LogP contribution < -0.4 is 25.4 Å². The molecule has 4 N–H and O–H groups in total. The van der Waals surface area contributed by atoms with Gasteiger partial charge in [-0.2, -0.15) is 5.26 Å². The number of nitriles is 1. The van der Waals surface area contributed by atoms with Gasteiger partial charge >= 0.3 is 0 Å². The van der Waals surface area contributed by atoms with E-state index in [1.807, 2.05) is 0 Å². The van der Waals surface area contributed by atoms with E-state index in [-0.39, 0.29) is 5.71 Å². The predicted octanol–water partition coefficient (Wildman–Crippen LogP) is 4.21. The molecule has 186 valence electrons. The molecule has 0 saturated carbocycles. The summed E-state index contributed by atoms with van der Waals surface area (Å²) in [4.78, 5) is 10.6. The lowest BCUT2D eigenvalue weighted by molar-refractivity contribution is 0.216. The molecule has 0 spiro atoms. The molecule has 4 rings (SSSR count). The summed E-state index contributed by atoms with van der Waals surface area (Å²) < 4.78 is 11.6. The number of aromatic nitrogens is 2. The summed E-state index contributed by atoms with van der Waals surface area (Å²) in [6, 6.07) is 7.10. The van der Waals surface area contributed by atoms with Gasteiger partial charge < -0.3 is 25.4 Å². The lowest BCUT2D eigenvalue weighted by atomic mass is 10.00. The first-order valence-electron chi connectivity index (χ1n) is 11.2. The van der Waals surface area contributed by atoms with Crippen LogP contribution in [0.5, 0.6) is 11.5 Å². The minimum atomic E-state index is -0.544. The summed E-state index contributed by atoms with van der Waals surface area (Å²) in [5.74, 6) is 1.36. The molecule has 3 heterocycles. The summed E-state index contributed by atoms with van der Waals surface area (Å²) in [6.45, 7) is 4.96. The van der Waals surface area contributed by atoms with Crippen molar-refractivity contribution < 1.29 is 9.47 Å². The van der Waals surface area contributed by atoms with Gasteiger partial charge in [-0.25, -0.2) is 4.98 Å². The van der Waals surface area contributed by atoms with E-state index in [4.69, 9.17) is 43.8 Å². The number of pyridine rings is 2. The van der Waals surface area contributed by atoms with E-state index in [0.717, 1.165) is 26.2 Å². The predicted molar refractivity (Wildman–Crippen MR) is 141 cm³/mol. The fourth-order valence-corrected chi connectivity index (χ4v) is 4.74. The Morgan fingerprint density at radius 2 is 1.86 bits per heavy atom. The van der Waals surface area contributed by atoms with Crippen LogP contribution >= 0.6 is 23.2 Å². The molecule has 3 aromatic rings. The second kappa shape index (κ2) is 11.0. The molecule has 1 fully saturated rings. The van der Waals surface area contributed by atoms with Gasteiger partial charge in [0.25, 0.3) is 0 Å². The number of anilines is 2. The highest BCUT2D eigenvalue weighted by Crippen LogP contribution is 2.38. The second-order valence-electron chi connectivity index (χ2n) is 8.19. The van der Waals surface area contributed by atoms with Crippen molar-refractivity contribution in [2.75, 3.05) is 43.9 Å². The number of nitrogens with two attached hydrogens (primary N) is 1. The van der Waals surface area contributed by atoms with Gasteiger partial charge in [0.05, 0.1) is 28.4 Å². The number of benzene rings is 1. The molecule has 9 nitrogen and oxygen atoms in total. The Bertz CT molecular complexity index is 1320. The summed E-state index contributed by atoms with van der Waals surface area (Å²) >= 11 is 12.6. The molecule has 1 aliphatic rings. The quantitative estimate of drug-likeness (QED) is 0.308. The Morgan fingerprint density at radius 3 is 2.50 bits per heavy atom. The van der Waals surface area contributed by atoms with Gasteiger partial charge in [-0.3, -0.25) is 10.4 Å². The minimum Gasteiger partial charge on any atom is -0.493 e. The molecular weight excluding hydrogens is 501 g/mol. The van der Waals surface area contributed by atoms with Crippen LogP contribution in [0.15, 0.2) is 36.8 Å². The third-order valence-electron chi connectivity index (χ3n) is 5.90. The van der Waals surface area contributed by atoms with Crippen LogP contribution in [0.3, 0.4) is 0 Å². The monoisotopic (exact) mass is 525 g/mol. The van der Waals surface area contributed by atoms with Crippen molar-refractivity contribution in [3.05, 3.63) is 69.1 Å². The van der Waals surface area contributed by atoms with E-state index < -0.39 is 6.10 Å².